The normalized spacial score (nSPS) is 24.6. The van der Waals surface area contributed by atoms with Crippen LogP contribution in [0.25, 0.3) is 0 Å². The number of ether oxygens (including phenoxy) is 3. The molecule has 0 spiro atoms. The zero-order valence-electron chi connectivity index (χ0n) is 18.3. The quantitative estimate of drug-likeness (QED) is 0.285. The largest absolute Gasteiger partial charge is 0.462 e. The summed E-state index contributed by atoms with van der Waals surface area (Å²) < 4.78 is 17.1. The molecule has 0 amide bonds. The molecule has 0 heterocycles. The van der Waals surface area contributed by atoms with Gasteiger partial charge in [0.15, 0.2) is 0 Å². The third-order valence-corrected chi connectivity index (χ3v) is 5.34. The summed E-state index contributed by atoms with van der Waals surface area (Å²) in [5.41, 5.74) is -0.829. The van der Waals surface area contributed by atoms with E-state index in [0.717, 1.165) is 19.3 Å². The summed E-state index contributed by atoms with van der Waals surface area (Å²) in [6, 6.07) is 0. The Bertz CT molecular complexity index is 515. The highest BCUT2D eigenvalue weighted by molar-refractivity contribution is 5.71. The van der Waals surface area contributed by atoms with E-state index in [1.165, 1.54) is 0 Å². The Balaban J connectivity index is 2.99. The molecule has 1 saturated carbocycles. The van der Waals surface area contributed by atoms with Gasteiger partial charge in [-0.25, -0.2) is 0 Å². The molecular formula is C22H38O6. The lowest BCUT2D eigenvalue weighted by molar-refractivity contribution is -0.205. The zero-order valence-corrected chi connectivity index (χ0v) is 18.3. The molecule has 0 bridgehead atoms. The van der Waals surface area contributed by atoms with E-state index in [0.29, 0.717) is 38.0 Å². The van der Waals surface area contributed by atoms with Crippen LogP contribution in [0.15, 0.2) is 0 Å². The van der Waals surface area contributed by atoms with E-state index in [-0.39, 0.29) is 36.9 Å². The Kier molecular flexibility index (Phi) is 10.5. The number of carbonyl (C=O) groups excluding carboxylic acids is 3. The molecule has 0 N–H and O–H groups in total. The fraction of sp³-hybridized carbons (Fsp3) is 0.864. The van der Waals surface area contributed by atoms with E-state index in [1.807, 2.05) is 0 Å². The van der Waals surface area contributed by atoms with Crippen molar-refractivity contribution in [3.63, 3.8) is 0 Å². The monoisotopic (exact) mass is 398 g/mol. The van der Waals surface area contributed by atoms with E-state index in [2.05, 4.69) is 13.8 Å². The molecule has 1 rings (SSSR count). The van der Waals surface area contributed by atoms with Gasteiger partial charge in [-0.05, 0) is 31.6 Å². The maximum atomic E-state index is 12.2. The van der Waals surface area contributed by atoms with Gasteiger partial charge in [-0.2, -0.15) is 0 Å². The van der Waals surface area contributed by atoms with Crippen LogP contribution in [0.1, 0.15) is 98.8 Å². The summed E-state index contributed by atoms with van der Waals surface area (Å²) in [4.78, 5) is 36.0. The molecule has 1 aliphatic carbocycles. The van der Waals surface area contributed by atoms with Gasteiger partial charge in [0.2, 0.25) is 0 Å². The van der Waals surface area contributed by atoms with Crippen molar-refractivity contribution in [2.75, 3.05) is 0 Å². The average Bonchev–Trinajstić information content (AvgIpc) is 2.67. The van der Waals surface area contributed by atoms with E-state index < -0.39 is 11.7 Å². The molecule has 3 unspecified atom stereocenters. The standard InChI is InChI=1S/C22H38O6/c1-6-19(23)26-17-12-14-22(28-21(25)8-3,13-10-9-11-16(4)5)18(15-17)27-20(24)7-2/h16-18H,6-15H2,1-5H3. The minimum atomic E-state index is -0.829. The molecule has 162 valence electrons. The maximum absolute atomic E-state index is 12.2. The minimum absolute atomic E-state index is 0.251. The molecule has 0 aromatic heterocycles. The fourth-order valence-electron chi connectivity index (χ4n) is 3.64. The van der Waals surface area contributed by atoms with Gasteiger partial charge in [0.05, 0.1) is 0 Å². The van der Waals surface area contributed by atoms with E-state index in [9.17, 15) is 14.4 Å². The van der Waals surface area contributed by atoms with Crippen LogP contribution in [0.5, 0.6) is 0 Å². The maximum Gasteiger partial charge on any atom is 0.306 e. The van der Waals surface area contributed by atoms with Gasteiger partial charge in [-0.1, -0.05) is 47.5 Å². The van der Waals surface area contributed by atoms with Crippen LogP contribution < -0.4 is 0 Å². The van der Waals surface area contributed by atoms with Gasteiger partial charge >= 0.3 is 17.9 Å². The van der Waals surface area contributed by atoms with Crippen molar-refractivity contribution >= 4 is 17.9 Å². The van der Waals surface area contributed by atoms with Crippen molar-refractivity contribution in [2.24, 2.45) is 5.92 Å². The number of esters is 3. The summed E-state index contributed by atoms with van der Waals surface area (Å²) >= 11 is 0. The predicted molar refractivity (Wildman–Crippen MR) is 107 cm³/mol. The fourth-order valence-corrected chi connectivity index (χ4v) is 3.64. The Hall–Kier alpha value is -1.59. The number of hydrogen-bond acceptors (Lipinski definition) is 6. The molecule has 1 aliphatic rings. The highest BCUT2D eigenvalue weighted by atomic mass is 16.6. The Morgan fingerprint density at radius 3 is 2.11 bits per heavy atom. The molecule has 0 saturated heterocycles. The number of carbonyl (C=O) groups is 3. The second kappa shape index (κ2) is 12.1. The first kappa shape index (κ1) is 24.4. The first-order valence-electron chi connectivity index (χ1n) is 10.9. The van der Waals surface area contributed by atoms with Crippen LogP contribution in [-0.2, 0) is 28.6 Å². The Morgan fingerprint density at radius 2 is 1.54 bits per heavy atom. The minimum Gasteiger partial charge on any atom is -0.462 e. The summed E-state index contributed by atoms with van der Waals surface area (Å²) in [6.45, 7) is 9.62. The lowest BCUT2D eigenvalue weighted by Crippen LogP contribution is -2.54. The first-order valence-corrected chi connectivity index (χ1v) is 10.9. The number of unbranched alkanes of at least 4 members (excludes halogenated alkanes) is 1. The van der Waals surface area contributed by atoms with Crippen LogP contribution in [-0.4, -0.2) is 35.7 Å². The first-order chi connectivity index (χ1) is 13.3. The average molecular weight is 399 g/mol. The van der Waals surface area contributed by atoms with Gasteiger partial charge in [0.25, 0.3) is 0 Å². The number of rotatable bonds is 11. The molecule has 0 radical (unpaired) electrons. The smallest absolute Gasteiger partial charge is 0.306 e. The predicted octanol–water partition coefficient (Wildman–Crippen LogP) is 4.72. The van der Waals surface area contributed by atoms with Crippen LogP contribution in [0, 0.1) is 5.92 Å². The topological polar surface area (TPSA) is 78.9 Å². The van der Waals surface area contributed by atoms with Crippen LogP contribution in [0.4, 0.5) is 0 Å². The summed E-state index contributed by atoms with van der Waals surface area (Å²) in [7, 11) is 0. The lowest BCUT2D eigenvalue weighted by atomic mass is 9.76. The highest BCUT2D eigenvalue weighted by Crippen LogP contribution is 2.40. The van der Waals surface area contributed by atoms with Gasteiger partial charge < -0.3 is 14.2 Å². The van der Waals surface area contributed by atoms with Gasteiger partial charge in [0, 0.05) is 25.7 Å². The van der Waals surface area contributed by atoms with E-state index in [4.69, 9.17) is 14.2 Å². The molecule has 6 nitrogen and oxygen atoms in total. The van der Waals surface area contributed by atoms with Gasteiger partial charge in [0.1, 0.15) is 17.8 Å². The summed E-state index contributed by atoms with van der Waals surface area (Å²) in [6.07, 6.45) is 5.13. The lowest BCUT2D eigenvalue weighted by Gasteiger charge is -2.44. The van der Waals surface area contributed by atoms with Crippen molar-refractivity contribution in [1.29, 1.82) is 0 Å². The van der Waals surface area contributed by atoms with Crippen LogP contribution >= 0.6 is 0 Å². The molecule has 3 atom stereocenters. The summed E-state index contributed by atoms with van der Waals surface area (Å²) in [5.74, 6) is -0.260. The Labute approximate surface area is 169 Å². The molecule has 0 aromatic carbocycles. The molecular weight excluding hydrogens is 360 g/mol. The van der Waals surface area contributed by atoms with Crippen molar-refractivity contribution in [2.45, 2.75) is 117 Å². The second-order valence-corrected chi connectivity index (χ2v) is 8.10. The van der Waals surface area contributed by atoms with E-state index in [1.54, 1.807) is 20.8 Å². The van der Waals surface area contributed by atoms with Crippen LogP contribution in [0.3, 0.4) is 0 Å². The molecule has 6 heteroatoms. The molecule has 0 aromatic rings. The van der Waals surface area contributed by atoms with Crippen molar-refractivity contribution < 1.29 is 28.6 Å². The van der Waals surface area contributed by atoms with Crippen LogP contribution in [0.2, 0.25) is 0 Å². The Morgan fingerprint density at radius 1 is 0.929 bits per heavy atom. The third-order valence-electron chi connectivity index (χ3n) is 5.34. The van der Waals surface area contributed by atoms with Gasteiger partial charge in [-0.3, -0.25) is 14.4 Å². The molecule has 0 aliphatic heterocycles. The van der Waals surface area contributed by atoms with Crippen molar-refractivity contribution in [3.05, 3.63) is 0 Å². The van der Waals surface area contributed by atoms with Crippen molar-refractivity contribution in [3.8, 4) is 0 Å². The zero-order chi connectivity index (χ0) is 21.2. The third kappa shape index (κ3) is 7.80. The SMILES string of the molecule is CCC(=O)OC1CCC(CCCCC(C)C)(OC(=O)CC)C(OC(=O)CC)C1. The van der Waals surface area contributed by atoms with Crippen molar-refractivity contribution in [1.82, 2.24) is 0 Å². The molecule has 1 fully saturated rings. The number of hydrogen-bond donors (Lipinski definition) is 0. The van der Waals surface area contributed by atoms with Gasteiger partial charge in [-0.15, -0.1) is 0 Å². The van der Waals surface area contributed by atoms with E-state index >= 15 is 0 Å². The highest BCUT2D eigenvalue weighted by Gasteiger charge is 2.49. The molecule has 28 heavy (non-hydrogen) atoms. The summed E-state index contributed by atoms with van der Waals surface area (Å²) in [5, 5.41) is 0. The second-order valence-electron chi connectivity index (χ2n) is 8.10.